The van der Waals surface area contributed by atoms with E-state index in [1.54, 1.807) is 6.07 Å². The fourth-order valence-electron chi connectivity index (χ4n) is 1.30. The fraction of sp³-hybridized carbons (Fsp3) is 0.167. The zero-order chi connectivity index (χ0) is 11.2. The maximum atomic E-state index is 5.29. The maximum Gasteiger partial charge on any atom is 0.218 e. The highest BCUT2D eigenvalue weighted by Crippen LogP contribution is 2.16. The summed E-state index contributed by atoms with van der Waals surface area (Å²) < 4.78 is 5.29. The molecule has 2 aromatic rings. The summed E-state index contributed by atoms with van der Waals surface area (Å²) in [4.78, 5) is 8.11. The summed E-state index contributed by atoms with van der Waals surface area (Å²) in [5, 5.41) is 3.17. The molecule has 0 unspecified atom stereocenters. The number of nitrogens with zero attached hydrogens (tertiary/aromatic N) is 2. The van der Waals surface area contributed by atoms with Gasteiger partial charge in [0, 0.05) is 11.8 Å². The van der Waals surface area contributed by atoms with Crippen LogP contribution in [0.5, 0.6) is 5.88 Å². The maximum absolute atomic E-state index is 5.29. The van der Waals surface area contributed by atoms with E-state index in [0.29, 0.717) is 12.5 Å². The normalized spacial score (nSPS) is 9.81. The first-order valence-electron chi connectivity index (χ1n) is 5.15. The van der Waals surface area contributed by atoms with Crippen molar-refractivity contribution >= 4 is 11.5 Å². The molecule has 0 aliphatic heterocycles. The lowest BCUT2D eigenvalue weighted by molar-refractivity contribution is 0.326. The number of hydrogen-bond donors (Lipinski definition) is 1. The van der Waals surface area contributed by atoms with Crippen LogP contribution in [0.2, 0.25) is 0 Å². The molecule has 2 rings (SSSR count). The lowest BCUT2D eigenvalue weighted by atomic mass is 10.3. The van der Waals surface area contributed by atoms with E-state index < -0.39 is 0 Å². The van der Waals surface area contributed by atoms with Crippen LogP contribution in [0, 0.1) is 0 Å². The van der Waals surface area contributed by atoms with E-state index in [9.17, 15) is 0 Å². The molecule has 82 valence electrons. The van der Waals surface area contributed by atoms with Crippen LogP contribution in [-0.2, 0) is 0 Å². The van der Waals surface area contributed by atoms with Gasteiger partial charge in [0.05, 0.1) is 6.61 Å². The fourth-order valence-corrected chi connectivity index (χ4v) is 1.30. The van der Waals surface area contributed by atoms with E-state index in [0.717, 1.165) is 11.5 Å². The van der Waals surface area contributed by atoms with Crippen molar-refractivity contribution in [1.82, 2.24) is 9.97 Å². The molecular formula is C12H13N3O. The summed E-state index contributed by atoms with van der Waals surface area (Å²) in [7, 11) is 0. The van der Waals surface area contributed by atoms with Gasteiger partial charge in [-0.05, 0) is 19.1 Å². The van der Waals surface area contributed by atoms with Gasteiger partial charge >= 0.3 is 0 Å². The Morgan fingerprint density at radius 1 is 1.19 bits per heavy atom. The third kappa shape index (κ3) is 2.70. The molecule has 1 aromatic heterocycles. The smallest absolute Gasteiger partial charge is 0.218 e. The van der Waals surface area contributed by atoms with E-state index in [1.165, 1.54) is 6.33 Å². The molecule has 1 N–H and O–H groups in total. The number of ether oxygens (including phenoxy) is 1. The van der Waals surface area contributed by atoms with Crippen molar-refractivity contribution in [1.29, 1.82) is 0 Å². The van der Waals surface area contributed by atoms with E-state index >= 15 is 0 Å². The zero-order valence-electron chi connectivity index (χ0n) is 9.05. The van der Waals surface area contributed by atoms with E-state index in [-0.39, 0.29) is 0 Å². The van der Waals surface area contributed by atoms with Gasteiger partial charge in [-0.15, -0.1) is 0 Å². The summed E-state index contributed by atoms with van der Waals surface area (Å²) in [5.74, 6) is 1.31. The van der Waals surface area contributed by atoms with Crippen LogP contribution >= 0.6 is 0 Å². The summed E-state index contributed by atoms with van der Waals surface area (Å²) in [5.41, 5.74) is 0.989. The summed E-state index contributed by atoms with van der Waals surface area (Å²) in [6, 6.07) is 11.6. The lowest BCUT2D eigenvalue weighted by Crippen LogP contribution is -1.98. The summed E-state index contributed by atoms with van der Waals surface area (Å²) >= 11 is 0. The van der Waals surface area contributed by atoms with Gasteiger partial charge in [0.25, 0.3) is 0 Å². The molecule has 0 aliphatic carbocycles. The van der Waals surface area contributed by atoms with Crippen LogP contribution in [-0.4, -0.2) is 16.6 Å². The number of benzene rings is 1. The van der Waals surface area contributed by atoms with Crippen molar-refractivity contribution in [2.45, 2.75) is 6.92 Å². The topological polar surface area (TPSA) is 47.0 Å². The van der Waals surface area contributed by atoms with Gasteiger partial charge < -0.3 is 10.1 Å². The second kappa shape index (κ2) is 5.11. The van der Waals surface area contributed by atoms with Crippen molar-refractivity contribution in [2.75, 3.05) is 11.9 Å². The molecule has 0 amide bonds. The minimum absolute atomic E-state index is 0.580. The van der Waals surface area contributed by atoms with Crippen molar-refractivity contribution in [2.24, 2.45) is 0 Å². The van der Waals surface area contributed by atoms with Crippen LogP contribution < -0.4 is 10.1 Å². The monoisotopic (exact) mass is 215 g/mol. The minimum atomic E-state index is 0.580. The average molecular weight is 215 g/mol. The number of nitrogens with one attached hydrogen (secondary N) is 1. The number of rotatable bonds is 4. The van der Waals surface area contributed by atoms with E-state index in [4.69, 9.17) is 4.74 Å². The van der Waals surface area contributed by atoms with E-state index in [2.05, 4.69) is 15.3 Å². The highest BCUT2D eigenvalue weighted by Gasteiger charge is 1.98. The molecule has 0 bridgehead atoms. The van der Waals surface area contributed by atoms with Gasteiger partial charge in [-0.3, -0.25) is 0 Å². The summed E-state index contributed by atoms with van der Waals surface area (Å²) in [6.07, 6.45) is 1.48. The molecule has 0 aliphatic rings. The molecule has 16 heavy (non-hydrogen) atoms. The molecule has 4 heteroatoms. The Kier molecular flexibility index (Phi) is 3.33. The molecule has 0 spiro atoms. The Morgan fingerprint density at radius 2 is 2.00 bits per heavy atom. The Hall–Kier alpha value is -2.10. The van der Waals surface area contributed by atoms with Gasteiger partial charge in [0.15, 0.2) is 0 Å². The second-order valence-corrected chi connectivity index (χ2v) is 3.17. The Labute approximate surface area is 94.3 Å². The highest BCUT2D eigenvalue weighted by molar-refractivity contribution is 5.56. The molecule has 0 saturated carbocycles. The van der Waals surface area contributed by atoms with Crippen LogP contribution in [0.3, 0.4) is 0 Å². The van der Waals surface area contributed by atoms with Crippen molar-refractivity contribution < 1.29 is 4.74 Å². The molecule has 0 fully saturated rings. The van der Waals surface area contributed by atoms with Crippen molar-refractivity contribution in [3.8, 4) is 5.88 Å². The molecule has 0 saturated heterocycles. The van der Waals surface area contributed by atoms with Crippen LogP contribution in [0.15, 0.2) is 42.7 Å². The van der Waals surface area contributed by atoms with Gasteiger partial charge in [0.1, 0.15) is 12.1 Å². The number of para-hydroxylation sites is 1. The zero-order valence-corrected chi connectivity index (χ0v) is 9.05. The number of anilines is 2. The highest BCUT2D eigenvalue weighted by atomic mass is 16.5. The third-order valence-corrected chi connectivity index (χ3v) is 1.98. The first kappa shape index (κ1) is 10.4. The Bertz CT molecular complexity index is 445. The standard InChI is InChI=1S/C12H13N3O/c1-2-16-12-8-11(13-9-14-12)15-10-6-4-3-5-7-10/h3-9H,2H2,1H3,(H,13,14,15). The number of aromatic nitrogens is 2. The molecular weight excluding hydrogens is 202 g/mol. The van der Waals surface area contributed by atoms with E-state index in [1.807, 2.05) is 37.3 Å². The average Bonchev–Trinajstić information content (AvgIpc) is 2.31. The minimum Gasteiger partial charge on any atom is -0.478 e. The molecule has 0 atom stereocenters. The molecule has 1 heterocycles. The lowest BCUT2D eigenvalue weighted by Gasteiger charge is -2.06. The van der Waals surface area contributed by atoms with Crippen molar-refractivity contribution in [3.63, 3.8) is 0 Å². The molecule has 4 nitrogen and oxygen atoms in total. The second-order valence-electron chi connectivity index (χ2n) is 3.17. The third-order valence-electron chi connectivity index (χ3n) is 1.98. The van der Waals surface area contributed by atoms with Crippen LogP contribution in [0.1, 0.15) is 6.92 Å². The van der Waals surface area contributed by atoms with Crippen molar-refractivity contribution in [3.05, 3.63) is 42.7 Å². The van der Waals surface area contributed by atoms with Gasteiger partial charge in [-0.25, -0.2) is 9.97 Å². The van der Waals surface area contributed by atoms with Crippen LogP contribution in [0.4, 0.5) is 11.5 Å². The van der Waals surface area contributed by atoms with Gasteiger partial charge in [0.2, 0.25) is 5.88 Å². The van der Waals surface area contributed by atoms with Gasteiger partial charge in [-0.1, -0.05) is 18.2 Å². The Morgan fingerprint density at radius 3 is 2.75 bits per heavy atom. The molecule has 1 aromatic carbocycles. The van der Waals surface area contributed by atoms with Gasteiger partial charge in [-0.2, -0.15) is 0 Å². The first-order chi connectivity index (χ1) is 7.88. The summed E-state index contributed by atoms with van der Waals surface area (Å²) in [6.45, 7) is 2.52. The predicted molar refractivity (Wildman–Crippen MR) is 62.9 cm³/mol. The Balaban J connectivity index is 2.12. The van der Waals surface area contributed by atoms with Crippen LogP contribution in [0.25, 0.3) is 0 Å². The number of hydrogen-bond acceptors (Lipinski definition) is 4. The first-order valence-corrected chi connectivity index (χ1v) is 5.15. The molecule has 0 radical (unpaired) electrons. The quantitative estimate of drug-likeness (QED) is 0.851. The largest absolute Gasteiger partial charge is 0.478 e. The predicted octanol–water partition coefficient (Wildman–Crippen LogP) is 2.62. The SMILES string of the molecule is CCOc1cc(Nc2ccccc2)ncn1.